The van der Waals surface area contributed by atoms with Crippen molar-refractivity contribution in [2.24, 2.45) is 4.99 Å². The van der Waals surface area contributed by atoms with E-state index >= 15 is 0 Å². The molecule has 0 saturated carbocycles. The molecular weight excluding hydrogens is 273 g/mol. The Bertz CT molecular complexity index is 391. The monoisotopic (exact) mass is 285 g/mol. The molecule has 68 valence electrons. The van der Waals surface area contributed by atoms with Crippen molar-refractivity contribution in [2.75, 3.05) is 0 Å². The number of nitrogens with zero attached hydrogens (tertiary/aromatic N) is 1. The van der Waals surface area contributed by atoms with Crippen molar-refractivity contribution >= 4 is 34.0 Å². The molecule has 0 saturated heterocycles. The third-order valence-corrected chi connectivity index (χ3v) is 3.71. The van der Waals surface area contributed by atoms with Gasteiger partial charge in [-0.3, -0.25) is 4.99 Å². The second-order valence-corrected chi connectivity index (χ2v) is 5.12. The maximum atomic E-state index is 4.58. The van der Waals surface area contributed by atoms with Gasteiger partial charge in [-0.05, 0) is 41.6 Å². The fraction of sp³-hybridized carbons (Fsp3) is 0.364. The smallest absolute Gasteiger partial charge is 0.0681 e. The van der Waals surface area contributed by atoms with Crippen molar-refractivity contribution in [3.05, 3.63) is 27.3 Å². The van der Waals surface area contributed by atoms with Crippen molar-refractivity contribution in [3.8, 4) is 0 Å². The number of benzene rings is 1. The Morgan fingerprint density at radius 3 is 2.62 bits per heavy atom. The largest absolute Gasteiger partial charge is 0.257 e. The van der Waals surface area contributed by atoms with Crippen LogP contribution in [0.25, 0.3) is 0 Å². The average molecular weight is 285 g/mol. The van der Waals surface area contributed by atoms with Crippen LogP contribution in [0.3, 0.4) is 0 Å². The highest BCUT2D eigenvalue weighted by molar-refractivity contribution is 14.1. The lowest BCUT2D eigenvalue weighted by atomic mass is 9.82. The summed E-state index contributed by atoms with van der Waals surface area (Å²) >= 11 is 2.39. The van der Waals surface area contributed by atoms with Gasteiger partial charge in [-0.2, -0.15) is 0 Å². The Kier molecular flexibility index (Phi) is 1.98. The van der Waals surface area contributed by atoms with Crippen LogP contribution in [0.1, 0.15) is 26.3 Å². The first-order valence-electron chi connectivity index (χ1n) is 4.38. The van der Waals surface area contributed by atoms with E-state index in [1.807, 2.05) is 0 Å². The van der Waals surface area contributed by atoms with Gasteiger partial charge in [0.25, 0.3) is 0 Å². The number of aliphatic imine (C=N–C) groups is 1. The minimum Gasteiger partial charge on any atom is -0.257 e. The van der Waals surface area contributed by atoms with Crippen LogP contribution >= 0.6 is 22.6 Å². The number of fused-ring (bicyclic) bond motifs is 1. The number of hydrogen-bond donors (Lipinski definition) is 0. The lowest BCUT2D eigenvalue weighted by Gasteiger charge is -2.21. The van der Waals surface area contributed by atoms with Crippen molar-refractivity contribution < 1.29 is 0 Å². The fourth-order valence-corrected chi connectivity index (χ4v) is 2.88. The third-order valence-electron chi connectivity index (χ3n) is 2.81. The van der Waals surface area contributed by atoms with Crippen LogP contribution in [-0.4, -0.2) is 5.71 Å². The molecule has 0 aliphatic carbocycles. The van der Waals surface area contributed by atoms with E-state index in [1.54, 1.807) is 0 Å². The standard InChI is InChI=1S/C11H12IN/c1-7-11(2,3)10-8(12)5-4-6-9(10)13-7/h4-6H,1-3H3. The summed E-state index contributed by atoms with van der Waals surface area (Å²) in [5.74, 6) is 0. The van der Waals surface area contributed by atoms with Gasteiger partial charge in [-0.25, -0.2) is 0 Å². The van der Waals surface area contributed by atoms with Crippen LogP contribution in [0.5, 0.6) is 0 Å². The predicted octanol–water partition coefficient (Wildman–Crippen LogP) is 3.67. The molecule has 0 unspecified atom stereocenters. The Morgan fingerprint density at radius 1 is 1.31 bits per heavy atom. The van der Waals surface area contributed by atoms with Crippen LogP contribution in [-0.2, 0) is 5.41 Å². The highest BCUT2D eigenvalue weighted by atomic mass is 127. The summed E-state index contributed by atoms with van der Waals surface area (Å²) in [5.41, 5.74) is 3.86. The third kappa shape index (κ3) is 1.23. The summed E-state index contributed by atoms with van der Waals surface area (Å²) in [6, 6.07) is 6.31. The molecule has 1 nitrogen and oxygen atoms in total. The van der Waals surface area contributed by atoms with Gasteiger partial charge in [0.1, 0.15) is 0 Å². The second kappa shape index (κ2) is 2.80. The molecular formula is C11H12IN. The van der Waals surface area contributed by atoms with Crippen LogP contribution in [0, 0.1) is 3.57 Å². The fourth-order valence-electron chi connectivity index (χ4n) is 1.73. The molecule has 1 aliphatic heterocycles. The molecule has 1 aromatic rings. The summed E-state index contributed by atoms with van der Waals surface area (Å²) in [5, 5.41) is 0. The summed E-state index contributed by atoms with van der Waals surface area (Å²) < 4.78 is 1.32. The van der Waals surface area contributed by atoms with Gasteiger partial charge >= 0.3 is 0 Å². The first-order valence-corrected chi connectivity index (χ1v) is 5.46. The zero-order valence-corrected chi connectivity index (χ0v) is 10.2. The van der Waals surface area contributed by atoms with Crippen LogP contribution in [0.4, 0.5) is 5.69 Å². The molecule has 0 amide bonds. The van der Waals surface area contributed by atoms with Crippen molar-refractivity contribution in [1.82, 2.24) is 0 Å². The molecule has 0 aromatic heterocycles. The lowest BCUT2D eigenvalue weighted by molar-refractivity contribution is 0.729. The summed E-state index contributed by atoms with van der Waals surface area (Å²) in [6.45, 7) is 6.58. The molecule has 2 heteroatoms. The molecule has 13 heavy (non-hydrogen) atoms. The van der Waals surface area contributed by atoms with Gasteiger partial charge in [0, 0.05) is 20.3 Å². The molecule has 0 radical (unpaired) electrons. The summed E-state index contributed by atoms with van der Waals surface area (Å²) in [4.78, 5) is 4.58. The van der Waals surface area contributed by atoms with Gasteiger partial charge in [0.2, 0.25) is 0 Å². The van der Waals surface area contributed by atoms with E-state index < -0.39 is 0 Å². The van der Waals surface area contributed by atoms with E-state index in [-0.39, 0.29) is 5.41 Å². The lowest BCUT2D eigenvalue weighted by Crippen LogP contribution is -2.23. The van der Waals surface area contributed by atoms with E-state index in [1.165, 1.54) is 14.8 Å². The molecule has 1 aromatic carbocycles. The molecule has 0 fully saturated rings. The zero-order valence-electron chi connectivity index (χ0n) is 8.06. The topological polar surface area (TPSA) is 12.4 Å². The van der Waals surface area contributed by atoms with Crippen LogP contribution in [0.2, 0.25) is 0 Å². The van der Waals surface area contributed by atoms with Crippen molar-refractivity contribution in [3.63, 3.8) is 0 Å². The molecule has 0 atom stereocenters. The zero-order chi connectivity index (χ0) is 9.64. The van der Waals surface area contributed by atoms with Crippen molar-refractivity contribution in [1.29, 1.82) is 0 Å². The number of halogens is 1. The maximum absolute atomic E-state index is 4.58. The highest BCUT2D eigenvalue weighted by Gasteiger charge is 2.33. The van der Waals surface area contributed by atoms with Gasteiger partial charge in [-0.1, -0.05) is 19.9 Å². The number of hydrogen-bond acceptors (Lipinski definition) is 1. The van der Waals surface area contributed by atoms with Gasteiger partial charge in [-0.15, -0.1) is 0 Å². The van der Waals surface area contributed by atoms with Gasteiger partial charge < -0.3 is 0 Å². The quantitative estimate of drug-likeness (QED) is 0.645. The Labute approximate surface area is 92.4 Å². The van der Waals surface area contributed by atoms with Gasteiger partial charge in [0.15, 0.2) is 0 Å². The van der Waals surface area contributed by atoms with E-state index in [4.69, 9.17) is 0 Å². The second-order valence-electron chi connectivity index (χ2n) is 3.96. The van der Waals surface area contributed by atoms with E-state index in [0.717, 1.165) is 5.69 Å². The van der Waals surface area contributed by atoms with Gasteiger partial charge in [0.05, 0.1) is 5.69 Å². The minimum absolute atomic E-state index is 0.118. The Morgan fingerprint density at radius 2 is 2.00 bits per heavy atom. The highest BCUT2D eigenvalue weighted by Crippen LogP contribution is 2.42. The molecule has 0 N–H and O–H groups in total. The predicted molar refractivity (Wildman–Crippen MR) is 65.0 cm³/mol. The maximum Gasteiger partial charge on any atom is 0.0681 e. The first kappa shape index (κ1) is 9.19. The molecule has 1 heterocycles. The normalized spacial score (nSPS) is 18.3. The Balaban J connectivity index is 2.72. The minimum atomic E-state index is 0.118. The van der Waals surface area contributed by atoms with Crippen LogP contribution in [0.15, 0.2) is 23.2 Å². The SMILES string of the molecule is CC1=Nc2cccc(I)c2C1(C)C. The molecule has 0 spiro atoms. The molecule has 1 aliphatic rings. The van der Waals surface area contributed by atoms with E-state index in [9.17, 15) is 0 Å². The average Bonchev–Trinajstić information content (AvgIpc) is 2.24. The first-order chi connectivity index (χ1) is 6.03. The Hall–Kier alpha value is -0.380. The summed E-state index contributed by atoms with van der Waals surface area (Å²) in [7, 11) is 0. The molecule has 2 rings (SSSR count). The number of rotatable bonds is 0. The summed E-state index contributed by atoms with van der Waals surface area (Å²) in [6.07, 6.45) is 0. The molecule has 0 bridgehead atoms. The van der Waals surface area contributed by atoms with E-state index in [2.05, 4.69) is 66.6 Å². The van der Waals surface area contributed by atoms with E-state index in [0.29, 0.717) is 0 Å². The van der Waals surface area contributed by atoms with Crippen LogP contribution < -0.4 is 0 Å². The van der Waals surface area contributed by atoms with Crippen molar-refractivity contribution in [2.45, 2.75) is 26.2 Å².